The Bertz CT molecular complexity index is 457. The van der Waals surface area contributed by atoms with Crippen molar-refractivity contribution in [2.45, 2.75) is 6.42 Å². The third-order valence-corrected chi connectivity index (χ3v) is 2.44. The van der Waals surface area contributed by atoms with Gasteiger partial charge in [0.15, 0.2) is 0 Å². The van der Waals surface area contributed by atoms with Crippen LogP contribution >= 0.6 is 0 Å². The smallest absolute Gasteiger partial charge is 0.341 e. The third kappa shape index (κ3) is 4.00. The first-order chi connectivity index (χ1) is 7.90. The van der Waals surface area contributed by atoms with Crippen molar-refractivity contribution in [2.75, 3.05) is 0 Å². The molecule has 0 aliphatic heterocycles. The minimum Gasteiger partial charge on any atom is -0.341 e. The normalized spacial score (nSPS) is 10.8. The molecule has 0 aliphatic rings. The Balaban J connectivity index is 0.00000144. The van der Waals surface area contributed by atoms with E-state index in [1.54, 1.807) is 0 Å². The second-order valence-electron chi connectivity index (χ2n) is 3.59. The molecule has 0 fully saturated rings. The molecule has 0 amide bonds. The SMILES string of the molecule is [CH2-]CC(=[C-]c1ccccc1)c1ccccc1.[Ti+2]. The topological polar surface area (TPSA) is 0 Å². The maximum absolute atomic E-state index is 3.96. The molecule has 2 aromatic carbocycles. The monoisotopic (exact) mass is 254 g/mol. The summed E-state index contributed by atoms with van der Waals surface area (Å²) in [5.41, 5.74) is 3.44. The van der Waals surface area contributed by atoms with Gasteiger partial charge in [0, 0.05) is 0 Å². The molecule has 0 N–H and O–H groups in total. The first-order valence-electron chi connectivity index (χ1n) is 5.42. The van der Waals surface area contributed by atoms with Crippen LogP contribution in [-0.2, 0) is 21.7 Å². The van der Waals surface area contributed by atoms with Crippen LogP contribution in [0.25, 0.3) is 5.57 Å². The van der Waals surface area contributed by atoms with Crippen LogP contribution in [0.4, 0.5) is 0 Å². The molecule has 2 rings (SSSR count). The second-order valence-corrected chi connectivity index (χ2v) is 3.59. The number of benzene rings is 2. The summed E-state index contributed by atoms with van der Waals surface area (Å²) in [5.74, 6) is 0. The molecule has 0 radical (unpaired) electrons. The summed E-state index contributed by atoms with van der Waals surface area (Å²) in [5, 5.41) is 0. The Hall–Kier alpha value is -1.11. The number of allylic oxidation sites excluding steroid dienone is 1. The summed E-state index contributed by atoms with van der Waals surface area (Å²) in [6.45, 7) is 3.96. The summed E-state index contributed by atoms with van der Waals surface area (Å²) in [6, 6.07) is 20.5. The Morgan fingerprint density at radius 3 is 1.94 bits per heavy atom. The van der Waals surface area contributed by atoms with E-state index in [-0.39, 0.29) is 21.7 Å². The van der Waals surface area contributed by atoms with Crippen molar-refractivity contribution in [3.8, 4) is 0 Å². The third-order valence-electron chi connectivity index (χ3n) is 2.44. The van der Waals surface area contributed by atoms with Crippen molar-refractivity contribution in [1.82, 2.24) is 0 Å². The van der Waals surface area contributed by atoms with Crippen LogP contribution < -0.4 is 0 Å². The quantitative estimate of drug-likeness (QED) is 0.438. The van der Waals surface area contributed by atoms with E-state index in [0.29, 0.717) is 0 Å². The summed E-state index contributed by atoms with van der Waals surface area (Å²) >= 11 is 0. The van der Waals surface area contributed by atoms with Gasteiger partial charge in [-0.2, -0.15) is 12.0 Å². The molecule has 0 saturated heterocycles. The van der Waals surface area contributed by atoms with E-state index < -0.39 is 0 Å². The van der Waals surface area contributed by atoms with Crippen molar-refractivity contribution >= 4 is 5.57 Å². The van der Waals surface area contributed by atoms with Crippen LogP contribution in [0.1, 0.15) is 17.5 Å². The Morgan fingerprint density at radius 1 is 0.882 bits per heavy atom. The van der Waals surface area contributed by atoms with Crippen LogP contribution in [0.5, 0.6) is 0 Å². The van der Waals surface area contributed by atoms with Crippen LogP contribution in [0.2, 0.25) is 0 Å². The predicted octanol–water partition coefficient (Wildman–Crippen LogP) is 4.14. The van der Waals surface area contributed by atoms with Crippen LogP contribution in [0, 0.1) is 13.0 Å². The van der Waals surface area contributed by atoms with Gasteiger partial charge >= 0.3 is 21.7 Å². The minimum atomic E-state index is 0. The fourth-order valence-corrected chi connectivity index (χ4v) is 1.61. The van der Waals surface area contributed by atoms with Crippen LogP contribution in [-0.4, -0.2) is 0 Å². The largest absolute Gasteiger partial charge is 2.00 e. The number of hydrogen-bond acceptors (Lipinski definition) is 0. The van der Waals surface area contributed by atoms with Gasteiger partial charge in [0.1, 0.15) is 0 Å². The Labute approximate surface area is 118 Å². The fraction of sp³-hybridized carbons (Fsp3) is 0.0625. The zero-order valence-electron chi connectivity index (χ0n) is 9.69. The first-order valence-corrected chi connectivity index (χ1v) is 5.42. The summed E-state index contributed by atoms with van der Waals surface area (Å²) in [4.78, 5) is 0. The van der Waals surface area contributed by atoms with Crippen molar-refractivity contribution in [3.05, 3.63) is 84.8 Å². The van der Waals surface area contributed by atoms with E-state index in [4.69, 9.17) is 0 Å². The van der Waals surface area contributed by atoms with Gasteiger partial charge in [-0.15, -0.1) is 35.9 Å². The summed E-state index contributed by atoms with van der Waals surface area (Å²) in [6.07, 6.45) is 4.15. The van der Waals surface area contributed by atoms with Gasteiger partial charge in [-0.05, 0) is 0 Å². The molecule has 17 heavy (non-hydrogen) atoms. The summed E-state index contributed by atoms with van der Waals surface area (Å²) in [7, 11) is 0. The zero-order chi connectivity index (χ0) is 11.2. The zero-order valence-corrected chi connectivity index (χ0v) is 11.2. The maximum atomic E-state index is 3.96. The van der Waals surface area contributed by atoms with E-state index in [2.05, 4.69) is 37.3 Å². The fourth-order valence-electron chi connectivity index (χ4n) is 1.61. The van der Waals surface area contributed by atoms with E-state index in [9.17, 15) is 0 Å². The molecule has 0 aromatic heterocycles. The predicted molar refractivity (Wildman–Crippen MR) is 68.6 cm³/mol. The van der Waals surface area contributed by atoms with Crippen LogP contribution in [0.3, 0.4) is 0 Å². The second kappa shape index (κ2) is 7.26. The van der Waals surface area contributed by atoms with Crippen molar-refractivity contribution in [1.29, 1.82) is 0 Å². The molecule has 0 saturated carbocycles. The molecule has 1 heteroatoms. The van der Waals surface area contributed by atoms with E-state index in [0.717, 1.165) is 17.6 Å². The average Bonchev–Trinajstić information content (AvgIpc) is 2.38. The molecule has 0 nitrogen and oxygen atoms in total. The van der Waals surface area contributed by atoms with E-state index in [1.165, 1.54) is 5.56 Å². The van der Waals surface area contributed by atoms with Crippen molar-refractivity contribution in [3.63, 3.8) is 0 Å². The molecule has 0 heterocycles. The Kier molecular flexibility index (Phi) is 5.96. The van der Waals surface area contributed by atoms with Gasteiger partial charge in [0.2, 0.25) is 0 Å². The molecule has 0 unspecified atom stereocenters. The standard InChI is InChI=1S/C16H14.Ti/c1-2-15(16-11-7-4-8-12-16)13-14-9-5-3-6-10-14;/h3-12H,1-2H2;/q-2;+2. The van der Waals surface area contributed by atoms with Crippen molar-refractivity contribution in [2.24, 2.45) is 0 Å². The molecule has 0 spiro atoms. The van der Waals surface area contributed by atoms with Gasteiger partial charge in [0.05, 0.1) is 0 Å². The molecular weight excluding hydrogens is 240 g/mol. The van der Waals surface area contributed by atoms with Crippen molar-refractivity contribution < 1.29 is 21.7 Å². The molecule has 0 atom stereocenters. The summed E-state index contributed by atoms with van der Waals surface area (Å²) < 4.78 is 0. The van der Waals surface area contributed by atoms with E-state index in [1.807, 2.05) is 36.4 Å². The first kappa shape index (κ1) is 14.0. The Morgan fingerprint density at radius 2 is 1.41 bits per heavy atom. The number of hydrogen-bond donors (Lipinski definition) is 0. The van der Waals surface area contributed by atoms with E-state index >= 15 is 0 Å². The van der Waals surface area contributed by atoms with Gasteiger partial charge in [-0.1, -0.05) is 42.0 Å². The molecule has 82 valence electrons. The average molecular weight is 254 g/mol. The number of rotatable bonds is 3. The van der Waals surface area contributed by atoms with Gasteiger partial charge in [-0.3, -0.25) is 0 Å². The minimum absolute atomic E-state index is 0. The molecular formula is C16H14Ti. The molecule has 0 aliphatic carbocycles. The van der Waals surface area contributed by atoms with Gasteiger partial charge in [0.25, 0.3) is 0 Å². The molecule has 0 bridgehead atoms. The van der Waals surface area contributed by atoms with Crippen LogP contribution in [0.15, 0.2) is 60.7 Å². The maximum Gasteiger partial charge on any atom is 2.00 e. The molecule has 2 aromatic rings. The van der Waals surface area contributed by atoms with Gasteiger partial charge in [-0.25, -0.2) is 0 Å². The van der Waals surface area contributed by atoms with Gasteiger partial charge < -0.3 is 6.92 Å².